The van der Waals surface area contributed by atoms with Gasteiger partial charge in [0.05, 0.1) is 12.7 Å². The molecule has 1 aromatic heterocycles. The molecule has 4 heterocycles. The first-order valence-electron chi connectivity index (χ1n) is 9.66. The first-order valence-corrected chi connectivity index (χ1v) is 9.66. The lowest BCUT2D eigenvalue weighted by atomic mass is 9.99. The molecule has 3 aliphatic heterocycles. The molecule has 1 amide bonds. The molecule has 8 nitrogen and oxygen atoms in total. The van der Waals surface area contributed by atoms with Crippen LogP contribution in [0.3, 0.4) is 0 Å². The van der Waals surface area contributed by atoms with Gasteiger partial charge >= 0.3 is 0 Å². The Bertz CT molecular complexity index is 583. The fourth-order valence-corrected chi connectivity index (χ4v) is 4.19. The van der Waals surface area contributed by atoms with Gasteiger partial charge in [-0.1, -0.05) is 11.6 Å². The molecule has 0 bridgehead atoms. The van der Waals surface area contributed by atoms with Gasteiger partial charge in [0.15, 0.2) is 5.69 Å². The Kier molecular flexibility index (Phi) is 5.28. The normalized spacial score (nSPS) is 25.8. The number of carbonyl (C=O) groups excluding carboxylic acids is 1. The Morgan fingerprint density at radius 2 is 2.00 bits per heavy atom. The molecule has 0 aromatic carbocycles. The van der Waals surface area contributed by atoms with Gasteiger partial charge in [0.25, 0.3) is 5.91 Å². The summed E-state index contributed by atoms with van der Waals surface area (Å²) in [6.07, 6.45) is 5.61. The highest BCUT2D eigenvalue weighted by atomic mass is 16.2. The van der Waals surface area contributed by atoms with Gasteiger partial charge in [0.1, 0.15) is 0 Å². The van der Waals surface area contributed by atoms with E-state index in [9.17, 15) is 4.79 Å². The number of amides is 1. The zero-order chi connectivity index (χ0) is 17.1. The lowest BCUT2D eigenvalue weighted by Crippen LogP contribution is -2.56. The molecule has 3 fully saturated rings. The van der Waals surface area contributed by atoms with E-state index in [0.29, 0.717) is 11.7 Å². The second kappa shape index (κ2) is 7.80. The van der Waals surface area contributed by atoms with Crippen molar-refractivity contribution < 1.29 is 4.79 Å². The van der Waals surface area contributed by atoms with E-state index in [1.807, 2.05) is 15.8 Å². The zero-order valence-corrected chi connectivity index (χ0v) is 14.9. The standard InChI is InChI=1S/C17H29N7O/c25-17(23-11-10-22-6-2-1-3-15(22)13-23)16-14-24(20-19-16)12-9-21-7-4-18-5-8-21/h14-15,18H,1-13H2. The van der Waals surface area contributed by atoms with Crippen LogP contribution in [-0.2, 0) is 6.54 Å². The van der Waals surface area contributed by atoms with Crippen LogP contribution in [0.5, 0.6) is 0 Å². The molecule has 0 saturated carbocycles. The maximum absolute atomic E-state index is 12.8. The second-order valence-corrected chi connectivity index (χ2v) is 7.40. The molecule has 3 saturated heterocycles. The number of rotatable bonds is 4. The molecule has 138 valence electrons. The number of aromatic nitrogens is 3. The van der Waals surface area contributed by atoms with Crippen molar-refractivity contribution in [3.8, 4) is 0 Å². The third kappa shape index (κ3) is 4.02. The number of piperidine rings is 1. The summed E-state index contributed by atoms with van der Waals surface area (Å²) >= 11 is 0. The maximum Gasteiger partial charge on any atom is 0.276 e. The number of hydrogen-bond donors (Lipinski definition) is 1. The third-order valence-electron chi connectivity index (χ3n) is 5.74. The van der Waals surface area contributed by atoms with Crippen molar-refractivity contribution >= 4 is 5.91 Å². The van der Waals surface area contributed by atoms with Crippen molar-refractivity contribution in [1.82, 2.24) is 35.0 Å². The molecule has 1 N–H and O–H groups in total. The van der Waals surface area contributed by atoms with E-state index in [0.717, 1.165) is 58.9 Å². The molecule has 0 spiro atoms. The topological polar surface area (TPSA) is 69.5 Å². The van der Waals surface area contributed by atoms with Gasteiger partial charge in [-0.25, -0.2) is 0 Å². The monoisotopic (exact) mass is 347 g/mol. The van der Waals surface area contributed by atoms with Gasteiger partial charge in [-0.05, 0) is 19.4 Å². The molecule has 1 aromatic rings. The number of fused-ring (bicyclic) bond motifs is 1. The van der Waals surface area contributed by atoms with Gasteiger partial charge < -0.3 is 10.2 Å². The average Bonchev–Trinajstić information content (AvgIpc) is 3.15. The second-order valence-electron chi connectivity index (χ2n) is 7.40. The van der Waals surface area contributed by atoms with Crippen molar-refractivity contribution in [2.75, 3.05) is 58.9 Å². The zero-order valence-electron chi connectivity index (χ0n) is 14.9. The van der Waals surface area contributed by atoms with Crippen LogP contribution in [0.4, 0.5) is 0 Å². The largest absolute Gasteiger partial charge is 0.334 e. The van der Waals surface area contributed by atoms with Gasteiger partial charge in [0.2, 0.25) is 0 Å². The third-order valence-corrected chi connectivity index (χ3v) is 5.74. The van der Waals surface area contributed by atoms with Crippen molar-refractivity contribution in [2.45, 2.75) is 31.8 Å². The minimum absolute atomic E-state index is 0.0404. The summed E-state index contributed by atoms with van der Waals surface area (Å²) in [6.45, 7) is 9.83. The van der Waals surface area contributed by atoms with E-state index in [2.05, 4.69) is 25.4 Å². The predicted molar refractivity (Wildman–Crippen MR) is 94.4 cm³/mol. The molecule has 4 rings (SSSR count). The number of nitrogens with one attached hydrogen (secondary N) is 1. The fraction of sp³-hybridized carbons (Fsp3) is 0.824. The summed E-state index contributed by atoms with van der Waals surface area (Å²) < 4.78 is 1.81. The molecule has 0 radical (unpaired) electrons. The van der Waals surface area contributed by atoms with Crippen LogP contribution in [0.25, 0.3) is 0 Å². The molecule has 3 aliphatic rings. The molecule has 0 aliphatic carbocycles. The number of carbonyl (C=O) groups is 1. The van der Waals surface area contributed by atoms with Crippen LogP contribution in [-0.4, -0.2) is 101 Å². The van der Waals surface area contributed by atoms with Crippen LogP contribution >= 0.6 is 0 Å². The quantitative estimate of drug-likeness (QED) is 0.791. The van der Waals surface area contributed by atoms with Crippen molar-refractivity contribution in [1.29, 1.82) is 0 Å². The number of hydrogen-bond acceptors (Lipinski definition) is 6. The fourth-order valence-electron chi connectivity index (χ4n) is 4.19. The van der Waals surface area contributed by atoms with Crippen LogP contribution in [0.15, 0.2) is 6.20 Å². The number of nitrogens with zero attached hydrogens (tertiary/aromatic N) is 6. The summed E-state index contributed by atoms with van der Waals surface area (Å²) in [5.41, 5.74) is 0.490. The molecule has 1 atom stereocenters. The summed E-state index contributed by atoms with van der Waals surface area (Å²) in [5, 5.41) is 11.7. The Morgan fingerprint density at radius 1 is 1.12 bits per heavy atom. The maximum atomic E-state index is 12.8. The van der Waals surface area contributed by atoms with Crippen LogP contribution in [0, 0.1) is 0 Å². The van der Waals surface area contributed by atoms with E-state index in [1.165, 1.54) is 25.8 Å². The van der Waals surface area contributed by atoms with E-state index in [4.69, 9.17) is 0 Å². The highest BCUT2D eigenvalue weighted by Gasteiger charge is 2.32. The van der Waals surface area contributed by atoms with Gasteiger partial charge in [-0.2, -0.15) is 0 Å². The SMILES string of the molecule is O=C(c1cn(CCN2CCNCC2)nn1)N1CCN2CCCCC2C1. The average molecular weight is 347 g/mol. The molecular weight excluding hydrogens is 318 g/mol. The first-order chi connectivity index (χ1) is 12.3. The van der Waals surface area contributed by atoms with E-state index < -0.39 is 0 Å². The van der Waals surface area contributed by atoms with E-state index >= 15 is 0 Å². The summed E-state index contributed by atoms with van der Waals surface area (Å²) in [5.74, 6) is 0.0404. The van der Waals surface area contributed by atoms with Gasteiger partial charge in [-0.3, -0.25) is 19.3 Å². The minimum atomic E-state index is 0.0404. The smallest absolute Gasteiger partial charge is 0.276 e. The Labute approximate surface area is 149 Å². The lowest BCUT2D eigenvalue weighted by molar-refractivity contribution is 0.0368. The molecule has 1 unspecified atom stereocenters. The molecule has 8 heteroatoms. The van der Waals surface area contributed by atoms with Crippen molar-refractivity contribution in [3.63, 3.8) is 0 Å². The minimum Gasteiger partial charge on any atom is -0.334 e. The highest BCUT2D eigenvalue weighted by Crippen LogP contribution is 2.21. The summed E-state index contributed by atoms with van der Waals surface area (Å²) in [4.78, 5) is 19.7. The Balaban J connectivity index is 1.31. The van der Waals surface area contributed by atoms with Crippen molar-refractivity contribution in [3.05, 3.63) is 11.9 Å². The predicted octanol–water partition coefficient (Wildman–Crippen LogP) is -0.506. The summed E-state index contributed by atoms with van der Waals surface area (Å²) in [6, 6.07) is 0.536. The van der Waals surface area contributed by atoms with Gasteiger partial charge in [-0.15, -0.1) is 5.10 Å². The van der Waals surface area contributed by atoms with E-state index in [1.54, 1.807) is 0 Å². The highest BCUT2D eigenvalue weighted by molar-refractivity contribution is 5.92. The first kappa shape index (κ1) is 16.9. The van der Waals surface area contributed by atoms with Crippen molar-refractivity contribution in [2.24, 2.45) is 0 Å². The molecule has 25 heavy (non-hydrogen) atoms. The summed E-state index contributed by atoms with van der Waals surface area (Å²) in [7, 11) is 0. The van der Waals surface area contributed by atoms with Crippen LogP contribution in [0.1, 0.15) is 29.8 Å². The van der Waals surface area contributed by atoms with Crippen LogP contribution < -0.4 is 5.32 Å². The van der Waals surface area contributed by atoms with E-state index in [-0.39, 0.29) is 5.91 Å². The Hall–Kier alpha value is -1.51. The lowest BCUT2D eigenvalue weighted by Gasteiger charge is -2.43. The van der Waals surface area contributed by atoms with Gasteiger partial charge in [0, 0.05) is 58.4 Å². The Morgan fingerprint density at radius 3 is 2.88 bits per heavy atom. The van der Waals surface area contributed by atoms with Crippen LogP contribution in [0.2, 0.25) is 0 Å². The number of piperazine rings is 2. The molecular formula is C17H29N7O.